The fraction of sp³-hybridized carbons (Fsp3) is 0.0714. The number of carbonyl (C=O) groups is 1. The van der Waals surface area contributed by atoms with E-state index >= 15 is 0 Å². The maximum absolute atomic E-state index is 12.0. The highest BCUT2D eigenvalue weighted by atomic mass is 16.1. The van der Waals surface area contributed by atoms with Crippen LogP contribution in [-0.4, -0.2) is 5.91 Å². The zero-order valence-corrected chi connectivity index (χ0v) is 9.60. The number of rotatable bonds is 2. The van der Waals surface area contributed by atoms with E-state index in [0.717, 1.165) is 11.3 Å². The van der Waals surface area contributed by atoms with Crippen molar-refractivity contribution in [1.29, 1.82) is 0 Å². The van der Waals surface area contributed by atoms with E-state index in [0.29, 0.717) is 11.3 Å². The molecular formula is C14H14N2O. The Balaban J connectivity index is 2.24. The molecule has 17 heavy (non-hydrogen) atoms. The largest absolute Gasteiger partial charge is 0.398 e. The molecule has 1 amide bonds. The van der Waals surface area contributed by atoms with Crippen molar-refractivity contribution in [2.24, 2.45) is 0 Å². The zero-order chi connectivity index (χ0) is 12.3. The molecule has 3 nitrogen and oxygen atoms in total. The number of hydrogen-bond acceptors (Lipinski definition) is 2. The molecule has 0 aliphatic heterocycles. The lowest BCUT2D eigenvalue weighted by molar-refractivity contribution is 0.102. The highest BCUT2D eigenvalue weighted by Crippen LogP contribution is 2.17. The van der Waals surface area contributed by atoms with Crippen LogP contribution < -0.4 is 11.1 Å². The molecule has 3 N–H and O–H groups in total. The van der Waals surface area contributed by atoms with Crippen molar-refractivity contribution in [2.75, 3.05) is 11.1 Å². The van der Waals surface area contributed by atoms with Gasteiger partial charge >= 0.3 is 0 Å². The Morgan fingerprint density at radius 2 is 1.71 bits per heavy atom. The van der Waals surface area contributed by atoms with Gasteiger partial charge in [0.2, 0.25) is 0 Å². The van der Waals surface area contributed by atoms with Crippen molar-refractivity contribution in [2.45, 2.75) is 6.92 Å². The average Bonchev–Trinajstić information content (AvgIpc) is 2.32. The van der Waals surface area contributed by atoms with Crippen LogP contribution in [0.25, 0.3) is 0 Å². The molecule has 2 aromatic carbocycles. The molecule has 0 heterocycles. The average molecular weight is 226 g/mol. The fourth-order valence-corrected chi connectivity index (χ4v) is 1.61. The summed E-state index contributed by atoms with van der Waals surface area (Å²) in [4.78, 5) is 12.0. The molecule has 2 aromatic rings. The number of benzene rings is 2. The Morgan fingerprint density at radius 3 is 2.41 bits per heavy atom. The third-order valence-corrected chi connectivity index (χ3v) is 2.60. The Kier molecular flexibility index (Phi) is 3.10. The van der Waals surface area contributed by atoms with Gasteiger partial charge < -0.3 is 11.1 Å². The minimum absolute atomic E-state index is 0.183. The van der Waals surface area contributed by atoms with Gasteiger partial charge in [-0.3, -0.25) is 4.79 Å². The number of nitrogens with two attached hydrogens (primary N) is 1. The fourth-order valence-electron chi connectivity index (χ4n) is 1.61. The molecule has 0 saturated heterocycles. The Labute approximate surface area is 100 Å². The number of anilines is 2. The lowest BCUT2D eigenvalue weighted by Crippen LogP contribution is -2.14. The van der Waals surface area contributed by atoms with Gasteiger partial charge in [0, 0.05) is 11.4 Å². The van der Waals surface area contributed by atoms with Crippen LogP contribution in [0.5, 0.6) is 0 Å². The predicted molar refractivity (Wildman–Crippen MR) is 70.0 cm³/mol. The third kappa shape index (κ3) is 2.45. The topological polar surface area (TPSA) is 55.1 Å². The summed E-state index contributed by atoms with van der Waals surface area (Å²) in [7, 11) is 0. The van der Waals surface area contributed by atoms with Crippen molar-refractivity contribution >= 4 is 17.3 Å². The molecular weight excluding hydrogens is 212 g/mol. The van der Waals surface area contributed by atoms with E-state index in [1.54, 1.807) is 24.3 Å². The van der Waals surface area contributed by atoms with E-state index in [4.69, 9.17) is 5.73 Å². The van der Waals surface area contributed by atoms with E-state index in [1.807, 2.05) is 31.2 Å². The lowest BCUT2D eigenvalue weighted by Gasteiger charge is -2.09. The molecule has 0 radical (unpaired) electrons. The summed E-state index contributed by atoms with van der Waals surface area (Å²) in [5.74, 6) is -0.183. The van der Waals surface area contributed by atoms with E-state index in [2.05, 4.69) is 5.32 Å². The number of nitrogens with one attached hydrogen (secondary N) is 1. The SMILES string of the molecule is Cc1ccccc1NC(=O)c1ccccc1N. The first-order valence-electron chi connectivity index (χ1n) is 5.40. The summed E-state index contributed by atoms with van der Waals surface area (Å²) in [6.45, 7) is 1.95. The maximum Gasteiger partial charge on any atom is 0.257 e. The Morgan fingerprint density at radius 1 is 1.06 bits per heavy atom. The third-order valence-electron chi connectivity index (χ3n) is 2.60. The summed E-state index contributed by atoms with van der Waals surface area (Å²) >= 11 is 0. The first-order valence-corrected chi connectivity index (χ1v) is 5.40. The number of amides is 1. The van der Waals surface area contributed by atoms with Gasteiger partial charge in [0.1, 0.15) is 0 Å². The van der Waals surface area contributed by atoms with Gasteiger partial charge in [-0.05, 0) is 30.7 Å². The second kappa shape index (κ2) is 4.70. The van der Waals surface area contributed by atoms with Crippen LogP contribution in [0.3, 0.4) is 0 Å². The number of carbonyl (C=O) groups excluding carboxylic acids is 1. The van der Waals surface area contributed by atoms with Gasteiger partial charge in [0.25, 0.3) is 5.91 Å². The quantitative estimate of drug-likeness (QED) is 0.773. The smallest absolute Gasteiger partial charge is 0.257 e. The molecule has 0 spiro atoms. The molecule has 0 fully saturated rings. The highest BCUT2D eigenvalue weighted by molar-refractivity contribution is 6.07. The number of nitrogen functional groups attached to an aromatic ring is 1. The van der Waals surface area contributed by atoms with E-state index in [1.165, 1.54) is 0 Å². The maximum atomic E-state index is 12.0. The molecule has 3 heteroatoms. The highest BCUT2D eigenvalue weighted by Gasteiger charge is 2.09. The molecule has 0 atom stereocenters. The second-order valence-electron chi connectivity index (χ2n) is 3.86. The lowest BCUT2D eigenvalue weighted by atomic mass is 10.1. The summed E-state index contributed by atoms with van der Waals surface area (Å²) in [6.07, 6.45) is 0. The molecule has 0 aromatic heterocycles. The number of para-hydroxylation sites is 2. The summed E-state index contributed by atoms with van der Waals surface area (Å²) < 4.78 is 0. The first kappa shape index (κ1) is 11.2. The molecule has 0 aliphatic carbocycles. The Hall–Kier alpha value is -2.29. The molecule has 86 valence electrons. The standard InChI is InChI=1S/C14H14N2O/c1-10-6-2-5-9-13(10)16-14(17)11-7-3-4-8-12(11)15/h2-9H,15H2,1H3,(H,16,17). The van der Waals surface area contributed by atoms with Crippen LogP contribution in [0.4, 0.5) is 11.4 Å². The van der Waals surface area contributed by atoms with Crippen LogP contribution in [0.15, 0.2) is 48.5 Å². The van der Waals surface area contributed by atoms with Gasteiger partial charge in [0.05, 0.1) is 5.56 Å². The van der Waals surface area contributed by atoms with Gasteiger partial charge in [-0.2, -0.15) is 0 Å². The summed E-state index contributed by atoms with van der Waals surface area (Å²) in [5, 5.41) is 2.85. The number of hydrogen-bond donors (Lipinski definition) is 2. The van der Waals surface area contributed by atoms with Gasteiger partial charge in [-0.15, -0.1) is 0 Å². The molecule has 0 bridgehead atoms. The predicted octanol–water partition coefficient (Wildman–Crippen LogP) is 2.83. The normalized spacial score (nSPS) is 9.94. The van der Waals surface area contributed by atoms with Gasteiger partial charge in [-0.1, -0.05) is 30.3 Å². The number of aryl methyl sites for hydroxylation is 1. The van der Waals surface area contributed by atoms with Crippen LogP contribution in [0.2, 0.25) is 0 Å². The monoisotopic (exact) mass is 226 g/mol. The van der Waals surface area contributed by atoms with Crippen molar-refractivity contribution in [3.05, 3.63) is 59.7 Å². The molecule has 2 rings (SSSR count). The minimum Gasteiger partial charge on any atom is -0.398 e. The Bertz CT molecular complexity index is 549. The van der Waals surface area contributed by atoms with E-state index < -0.39 is 0 Å². The van der Waals surface area contributed by atoms with Crippen molar-refractivity contribution in [3.63, 3.8) is 0 Å². The van der Waals surface area contributed by atoms with Crippen LogP contribution >= 0.6 is 0 Å². The first-order chi connectivity index (χ1) is 8.18. The van der Waals surface area contributed by atoms with Crippen molar-refractivity contribution in [3.8, 4) is 0 Å². The van der Waals surface area contributed by atoms with Crippen molar-refractivity contribution in [1.82, 2.24) is 0 Å². The second-order valence-corrected chi connectivity index (χ2v) is 3.86. The van der Waals surface area contributed by atoms with Crippen LogP contribution in [-0.2, 0) is 0 Å². The molecule has 0 unspecified atom stereocenters. The van der Waals surface area contributed by atoms with Crippen molar-refractivity contribution < 1.29 is 4.79 Å². The van der Waals surface area contributed by atoms with Gasteiger partial charge in [0.15, 0.2) is 0 Å². The van der Waals surface area contributed by atoms with E-state index in [-0.39, 0.29) is 5.91 Å². The molecule has 0 aliphatic rings. The van der Waals surface area contributed by atoms with E-state index in [9.17, 15) is 4.79 Å². The zero-order valence-electron chi connectivity index (χ0n) is 9.60. The molecule has 0 saturated carbocycles. The van der Waals surface area contributed by atoms with Gasteiger partial charge in [-0.25, -0.2) is 0 Å². The summed E-state index contributed by atoms with van der Waals surface area (Å²) in [5.41, 5.74) is 8.56. The van der Waals surface area contributed by atoms with Crippen LogP contribution in [0, 0.1) is 6.92 Å². The minimum atomic E-state index is -0.183. The van der Waals surface area contributed by atoms with Crippen LogP contribution in [0.1, 0.15) is 15.9 Å². The summed E-state index contributed by atoms with van der Waals surface area (Å²) in [6, 6.07) is 14.7.